The Kier molecular flexibility index (Phi) is 5.02. The molecular formula is C17H25N3O. The Morgan fingerprint density at radius 3 is 2.62 bits per heavy atom. The second-order valence-electron chi connectivity index (χ2n) is 5.47. The average molecular weight is 287 g/mol. The van der Waals surface area contributed by atoms with E-state index in [9.17, 15) is 0 Å². The standard InChI is InChI=1S/C17H25N3O/c1-5-10-21-17-9-7-6-8-14(17)16(18)11-15-12(2)19-20(4)13(15)3/h6-9,16H,5,10-11,18H2,1-4H3. The van der Waals surface area contributed by atoms with Crippen molar-refractivity contribution in [2.24, 2.45) is 12.8 Å². The van der Waals surface area contributed by atoms with Gasteiger partial charge in [-0.2, -0.15) is 5.10 Å². The highest BCUT2D eigenvalue weighted by Gasteiger charge is 2.17. The molecule has 0 saturated carbocycles. The van der Waals surface area contributed by atoms with Crippen LogP contribution < -0.4 is 10.5 Å². The summed E-state index contributed by atoms with van der Waals surface area (Å²) in [6.45, 7) is 6.94. The van der Waals surface area contributed by atoms with Crippen molar-refractivity contribution in [3.05, 3.63) is 46.8 Å². The number of ether oxygens (including phenoxy) is 1. The summed E-state index contributed by atoms with van der Waals surface area (Å²) in [7, 11) is 1.97. The van der Waals surface area contributed by atoms with E-state index >= 15 is 0 Å². The zero-order valence-electron chi connectivity index (χ0n) is 13.4. The van der Waals surface area contributed by atoms with Crippen molar-refractivity contribution in [1.29, 1.82) is 0 Å². The van der Waals surface area contributed by atoms with Gasteiger partial charge in [-0.3, -0.25) is 4.68 Å². The van der Waals surface area contributed by atoms with E-state index in [2.05, 4.69) is 25.0 Å². The molecule has 1 unspecified atom stereocenters. The van der Waals surface area contributed by atoms with Gasteiger partial charge in [0.1, 0.15) is 5.75 Å². The van der Waals surface area contributed by atoms with Crippen molar-refractivity contribution in [2.45, 2.75) is 39.7 Å². The van der Waals surface area contributed by atoms with E-state index in [1.54, 1.807) is 0 Å². The molecule has 2 aromatic rings. The van der Waals surface area contributed by atoms with Crippen LogP contribution in [0, 0.1) is 13.8 Å². The van der Waals surface area contributed by atoms with Crippen molar-refractivity contribution in [2.75, 3.05) is 6.61 Å². The summed E-state index contributed by atoms with van der Waals surface area (Å²) in [5.41, 5.74) is 11.0. The van der Waals surface area contributed by atoms with E-state index in [0.717, 1.165) is 29.8 Å². The minimum atomic E-state index is -0.0837. The quantitative estimate of drug-likeness (QED) is 0.888. The number of hydrogen-bond donors (Lipinski definition) is 1. The van der Waals surface area contributed by atoms with Gasteiger partial charge in [-0.25, -0.2) is 0 Å². The summed E-state index contributed by atoms with van der Waals surface area (Å²) in [6.07, 6.45) is 1.77. The molecule has 0 fully saturated rings. The van der Waals surface area contributed by atoms with E-state index in [-0.39, 0.29) is 6.04 Å². The lowest BCUT2D eigenvalue weighted by molar-refractivity contribution is 0.312. The molecule has 1 aromatic heterocycles. The molecule has 0 saturated heterocycles. The molecule has 2 rings (SSSR count). The number of hydrogen-bond acceptors (Lipinski definition) is 3. The Morgan fingerprint density at radius 2 is 2.00 bits per heavy atom. The van der Waals surface area contributed by atoms with Gasteiger partial charge in [0.05, 0.1) is 12.3 Å². The third-order valence-corrected chi connectivity index (χ3v) is 3.86. The van der Waals surface area contributed by atoms with Crippen LogP contribution in [0.15, 0.2) is 24.3 Å². The van der Waals surface area contributed by atoms with Gasteiger partial charge in [0, 0.05) is 24.3 Å². The monoisotopic (exact) mass is 287 g/mol. The highest BCUT2D eigenvalue weighted by molar-refractivity contribution is 5.37. The molecule has 0 aliphatic rings. The lowest BCUT2D eigenvalue weighted by Crippen LogP contribution is -2.16. The maximum absolute atomic E-state index is 6.43. The fourth-order valence-electron chi connectivity index (χ4n) is 2.57. The van der Waals surface area contributed by atoms with Crippen LogP contribution in [0.25, 0.3) is 0 Å². The second kappa shape index (κ2) is 6.76. The first-order valence-electron chi connectivity index (χ1n) is 7.51. The van der Waals surface area contributed by atoms with Gasteiger partial charge in [-0.05, 0) is 38.3 Å². The first-order chi connectivity index (χ1) is 10.0. The van der Waals surface area contributed by atoms with E-state index < -0.39 is 0 Å². The molecule has 1 heterocycles. The van der Waals surface area contributed by atoms with Gasteiger partial charge in [-0.1, -0.05) is 25.1 Å². The third-order valence-electron chi connectivity index (χ3n) is 3.86. The third kappa shape index (κ3) is 3.45. The highest BCUT2D eigenvalue weighted by atomic mass is 16.5. The molecule has 0 amide bonds. The Bertz CT molecular complexity index is 604. The molecule has 2 N–H and O–H groups in total. The molecule has 1 aromatic carbocycles. The van der Waals surface area contributed by atoms with Crippen LogP contribution in [0.5, 0.6) is 5.75 Å². The molecule has 4 heteroatoms. The number of aromatic nitrogens is 2. The van der Waals surface area contributed by atoms with Gasteiger partial charge < -0.3 is 10.5 Å². The van der Waals surface area contributed by atoms with E-state index in [1.165, 1.54) is 11.3 Å². The average Bonchev–Trinajstić information content (AvgIpc) is 2.72. The highest BCUT2D eigenvalue weighted by Crippen LogP contribution is 2.27. The maximum atomic E-state index is 6.43. The zero-order valence-corrected chi connectivity index (χ0v) is 13.4. The van der Waals surface area contributed by atoms with Crippen molar-refractivity contribution in [1.82, 2.24) is 9.78 Å². The summed E-state index contributed by atoms with van der Waals surface area (Å²) in [5.74, 6) is 0.894. The smallest absolute Gasteiger partial charge is 0.124 e. The van der Waals surface area contributed by atoms with Gasteiger partial charge >= 0.3 is 0 Å². The minimum Gasteiger partial charge on any atom is -0.493 e. The topological polar surface area (TPSA) is 53.1 Å². The van der Waals surface area contributed by atoms with Crippen LogP contribution in [-0.2, 0) is 13.5 Å². The van der Waals surface area contributed by atoms with Crippen molar-refractivity contribution < 1.29 is 4.74 Å². The molecule has 21 heavy (non-hydrogen) atoms. The number of benzene rings is 1. The number of rotatable bonds is 6. The number of nitrogens with two attached hydrogens (primary N) is 1. The van der Waals surface area contributed by atoms with Crippen LogP contribution in [0.1, 0.15) is 41.9 Å². The molecule has 4 nitrogen and oxygen atoms in total. The first kappa shape index (κ1) is 15.6. The van der Waals surface area contributed by atoms with E-state index in [0.29, 0.717) is 6.61 Å². The SMILES string of the molecule is CCCOc1ccccc1C(N)Cc1c(C)nn(C)c1C. The lowest BCUT2D eigenvalue weighted by atomic mass is 9.98. The van der Waals surface area contributed by atoms with Gasteiger partial charge in [0.15, 0.2) is 0 Å². The molecule has 0 bridgehead atoms. The molecule has 0 radical (unpaired) electrons. The Hall–Kier alpha value is -1.81. The summed E-state index contributed by atoms with van der Waals surface area (Å²) in [4.78, 5) is 0. The fraction of sp³-hybridized carbons (Fsp3) is 0.471. The number of aryl methyl sites for hydroxylation is 2. The van der Waals surface area contributed by atoms with Crippen LogP contribution >= 0.6 is 0 Å². The second-order valence-corrected chi connectivity index (χ2v) is 5.47. The van der Waals surface area contributed by atoms with Crippen LogP contribution in [0.2, 0.25) is 0 Å². The fourth-order valence-corrected chi connectivity index (χ4v) is 2.57. The molecule has 1 atom stereocenters. The number of nitrogens with zero attached hydrogens (tertiary/aromatic N) is 2. The summed E-state index contributed by atoms with van der Waals surface area (Å²) in [5, 5.41) is 4.46. The van der Waals surface area contributed by atoms with Gasteiger partial charge in [0.25, 0.3) is 0 Å². The van der Waals surface area contributed by atoms with E-state index in [4.69, 9.17) is 10.5 Å². The lowest BCUT2D eigenvalue weighted by Gasteiger charge is -2.17. The summed E-state index contributed by atoms with van der Waals surface area (Å²) < 4.78 is 7.72. The van der Waals surface area contributed by atoms with Crippen LogP contribution in [0.4, 0.5) is 0 Å². The summed E-state index contributed by atoms with van der Waals surface area (Å²) in [6, 6.07) is 7.96. The maximum Gasteiger partial charge on any atom is 0.124 e. The Labute approximate surface area is 126 Å². The first-order valence-corrected chi connectivity index (χ1v) is 7.51. The molecule has 0 aliphatic heterocycles. The predicted molar refractivity (Wildman–Crippen MR) is 85.5 cm³/mol. The van der Waals surface area contributed by atoms with Crippen LogP contribution in [0.3, 0.4) is 0 Å². The van der Waals surface area contributed by atoms with Crippen molar-refractivity contribution in [3.8, 4) is 5.75 Å². The van der Waals surface area contributed by atoms with Crippen LogP contribution in [-0.4, -0.2) is 16.4 Å². The van der Waals surface area contributed by atoms with Crippen molar-refractivity contribution in [3.63, 3.8) is 0 Å². The normalized spacial score (nSPS) is 12.4. The van der Waals surface area contributed by atoms with Crippen molar-refractivity contribution >= 4 is 0 Å². The molecular weight excluding hydrogens is 262 g/mol. The van der Waals surface area contributed by atoms with E-state index in [1.807, 2.05) is 36.9 Å². The minimum absolute atomic E-state index is 0.0837. The van der Waals surface area contributed by atoms with Gasteiger partial charge in [0.2, 0.25) is 0 Å². The Balaban J connectivity index is 2.22. The Morgan fingerprint density at radius 1 is 1.29 bits per heavy atom. The number of para-hydroxylation sites is 1. The molecule has 0 aliphatic carbocycles. The van der Waals surface area contributed by atoms with Gasteiger partial charge in [-0.15, -0.1) is 0 Å². The predicted octanol–water partition coefficient (Wildman–Crippen LogP) is 3.07. The molecule has 114 valence electrons. The molecule has 0 spiro atoms. The summed E-state index contributed by atoms with van der Waals surface area (Å²) >= 11 is 0. The largest absolute Gasteiger partial charge is 0.493 e. The zero-order chi connectivity index (χ0) is 15.4.